The topological polar surface area (TPSA) is 96.0 Å². The summed E-state index contributed by atoms with van der Waals surface area (Å²) >= 11 is 0. The highest BCUT2D eigenvalue weighted by molar-refractivity contribution is 5.92. The minimum atomic E-state index is -0.519. The van der Waals surface area contributed by atoms with Crippen LogP contribution in [-0.4, -0.2) is 10.8 Å². The van der Waals surface area contributed by atoms with Gasteiger partial charge in [0.2, 0.25) is 5.91 Å². The van der Waals surface area contributed by atoms with Gasteiger partial charge in [0.1, 0.15) is 6.42 Å². The zero-order chi connectivity index (χ0) is 12.1. The maximum atomic E-state index is 11.1. The van der Waals surface area contributed by atoms with Crippen LogP contribution in [0.3, 0.4) is 0 Å². The lowest BCUT2D eigenvalue weighted by molar-refractivity contribution is -0.385. The van der Waals surface area contributed by atoms with Crippen molar-refractivity contribution in [2.75, 3.05) is 5.32 Å². The third kappa shape index (κ3) is 2.78. The molecular formula is C10H9N3O3. The van der Waals surface area contributed by atoms with Gasteiger partial charge in [-0.05, 0) is 13.0 Å². The van der Waals surface area contributed by atoms with Gasteiger partial charge in [0.15, 0.2) is 0 Å². The lowest BCUT2D eigenvalue weighted by Crippen LogP contribution is -2.10. The van der Waals surface area contributed by atoms with Gasteiger partial charge < -0.3 is 5.32 Å². The van der Waals surface area contributed by atoms with Gasteiger partial charge in [0.05, 0.1) is 11.0 Å². The molecule has 0 fully saturated rings. The first-order valence-corrected chi connectivity index (χ1v) is 4.46. The van der Waals surface area contributed by atoms with Gasteiger partial charge in [0.25, 0.3) is 5.69 Å². The molecule has 1 rings (SSSR count). The molecule has 1 aromatic carbocycles. The van der Waals surface area contributed by atoms with Crippen LogP contribution in [0.2, 0.25) is 0 Å². The first-order chi connectivity index (χ1) is 7.54. The predicted molar refractivity (Wildman–Crippen MR) is 56.7 cm³/mol. The number of carbonyl (C=O) groups is 1. The fourth-order valence-electron chi connectivity index (χ4n) is 1.16. The third-order valence-electron chi connectivity index (χ3n) is 1.93. The summed E-state index contributed by atoms with van der Waals surface area (Å²) in [6.45, 7) is 1.61. The highest BCUT2D eigenvalue weighted by atomic mass is 16.6. The zero-order valence-corrected chi connectivity index (χ0v) is 8.56. The molecule has 0 atom stereocenters. The van der Waals surface area contributed by atoms with Crippen molar-refractivity contribution in [3.8, 4) is 6.07 Å². The summed E-state index contributed by atoms with van der Waals surface area (Å²) in [5.41, 5.74) is 0.774. The number of nitrogens with zero attached hydrogens (tertiary/aromatic N) is 2. The maximum Gasteiger partial charge on any atom is 0.274 e. The summed E-state index contributed by atoms with van der Waals surface area (Å²) in [6, 6.07) is 6.05. The second-order valence-electron chi connectivity index (χ2n) is 3.14. The maximum absolute atomic E-state index is 11.1. The smallest absolute Gasteiger partial charge is 0.274 e. The van der Waals surface area contributed by atoms with E-state index in [4.69, 9.17) is 5.26 Å². The molecule has 16 heavy (non-hydrogen) atoms. The van der Waals surface area contributed by atoms with Crippen molar-refractivity contribution in [3.63, 3.8) is 0 Å². The van der Waals surface area contributed by atoms with E-state index in [2.05, 4.69) is 5.32 Å². The van der Waals surface area contributed by atoms with Crippen molar-refractivity contribution in [1.82, 2.24) is 0 Å². The van der Waals surface area contributed by atoms with Crippen LogP contribution in [0.5, 0.6) is 0 Å². The summed E-state index contributed by atoms with van der Waals surface area (Å²) in [4.78, 5) is 21.2. The molecule has 0 radical (unpaired) electrons. The van der Waals surface area contributed by atoms with Gasteiger partial charge in [-0.25, -0.2) is 0 Å². The Morgan fingerprint density at radius 3 is 2.88 bits per heavy atom. The van der Waals surface area contributed by atoms with E-state index in [1.807, 2.05) is 0 Å². The summed E-state index contributed by atoms with van der Waals surface area (Å²) < 4.78 is 0. The zero-order valence-electron chi connectivity index (χ0n) is 8.56. The number of anilines is 1. The largest absolute Gasteiger partial charge is 0.325 e. The molecule has 0 aliphatic carbocycles. The number of nitro benzene ring substituents is 1. The molecule has 82 valence electrons. The molecule has 0 saturated heterocycles. The molecule has 6 heteroatoms. The first kappa shape index (κ1) is 11.7. The summed E-state index contributed by atoms with van der Waals surface area (Å²) in [6.07, 6.45) is -0.276. The van der Waals surface area contributed by atoms with Gasteiger partial charge in [-0.2, -0.15) is 5.26 Å². The van der Waals surface area contributed by atoms with Crippen molar-refractivity contribution >= 4 is 17.3 Å². The molecule has 1 aromatic rings. The Morgan fingerprint density at radius 1 is 1.62 bits per heavy atom. The monoisotopic (exact) mass is 219 g/mol. The van der Waals surface area contributed by atoms with Gasteiger partial charge in [0, 0.05) is 17.3 Å². The molecule has 0 aliphatic rings. The van der Waals surface area contributed by atoms with E-state index in [1.165, 1.54) is 6.07 Å². The van der Waals surface area contributed by atoms with E-state index in [-0.39, 0.29) is 12.1 Å². The number of nitro groups is 1. The number of amides is 1. The quantitative estimate of drug-likeness (QED) is 0.618. The lowest BCUT2D eigenvalue weighted by Gasteiger charge is -2.03. The van der Waals surface area contributed by atoms with Crippen molar-refractivity contribution in [2.45, 2.75) is 13.3 Å². The van der Waals surface area contributed by atoms with Crippen LogP contribution in [0.15, 0.2) is 18.2 Å². The van der Waals surface area contributed by atoms with Gasteiger partial charge in [-0.1, -0.05) is 6.07 Å². The molecule has 1 amide bonds. The normalized spacial score (nSPS) is 9.25. The SMILES string of the molecule is Cc1ccc(NC(=O)CC#N)cc1[N+](=O)[O-]. The predicted octanol–water partition coefficient (Wildman–Crippen LogP) is 1.76. The van der Waals surface area contributed by atoms with Crippen molar-refractivity contribution in [1.29, 1.82) is 5.26 Å². The van der Waals surface area contributed by atoms with Gasteiger partial charge in [-0.15, -0.1) is 0 Å². The van der Waals surface area contributed by atoms with Gasteiger partial charge >= 0.3 is 0 Å². The summed E-state index contributed by atoms with van der Waals surface area (Å²) in [5, 5.41) is 21.3. The van der Waals surface area contributed by atoms with Crippen LogP contribution >= 0.6 is 0 Å². The van der Waals surface area contributed by atoms with E-state index in [1.54, 1.807) is 25.1 Å². The van der Waals surface area contributed by atoms with Crippen molar-refractivity contribution in [2.24, 2.45) is 0 Å². The number of nitriles is 1. The highest BCUT2D eigenvalue weighted by Gasteiger charge is 2.11. The standard InChI is InChI=1S/C10H9N3O3/c1-7-2-3-8(6-9(7)13(15)16)12-10(14)4-5-11/h2-3,6H,4H2,1H3,(H,12,14). The number of hydrogen-bond donors (Lipinski definition) is 1. The number of aryl methyl sites for hydroxylation is 1. The second kappa shape index (κ2) is 4.89. The minimum absolute atomic E-state index is 0.0604. The molecule has 6 nitrogen and oxygen atoms in total. The molecule has 0 saturated carbocycles. The molecule has 0 spiro atoms. The summed E-state index contributed by atoms with van der Waals surface area (Å²) in [7, 11) is 0. The number of rotatable bonds is 3. The van der Waals surface area contributed by atoms with E-state index in [0.29, 0.717) is 11.3 Å². The molecule has 0 aliphatic heterocycles. The molecule has 0 bridgehead atoms. The fourth-order valence-corrected chi connectivity index (χ4v) is 1.16. The summed E-state index contributed by atoms with van der Waals surface area (Å²) in [5.74, 6) is -0.486. The van der Waals surface area contributed by atoms with E-state index in [9.17, 15) is 14.9 Å². The van der Waals surface area contributed by atoms with Crippen LogP contribution in [-0.2, 0) is 4.79 Å². The first-order valence-electron chi connectivity index (χ1n) is 4.46. The lowest BCUT2D eigenvalue weighted by atomic mass is 10.2. The van der Waals surface area contributed by atoms with E-state index in [0.717, 1.165) is 0 Å². The molecular weight excluding hydrogens is 210 g/mol. The number of carbonyl (C=O) groups excluding carboxylic acids is 1. The number of nitrogens with one attached hydrogen (secondary N) is 1. The average Bonchev–Trinajstić information content (AvgIpc) is 2.21. The Kier molecular flexibility index (Phi) is 3.56. The van der Waals surface area contributed by atoms with Gasteiger partial charge in [-0.3, -0.25) is 14.9 Å². The Labute approximate surface area is 91.6 Å². The van der Waals surface area contributed by atoms with Crippen LogP contribution in [0.25, 0.3) is 0 Å². The molecule has 0 aromatic heterocycles. The number of benzene rings is 1. The van der Waals surface area contributed by atoms with Crippen LogP contribution in [0.4, 0.5) is 11.4 Å². The van der Waals surface area contributed by atoms with Crippen molar-refractivity contribution in [3.05, 3.63) is 33.9 Å². The molecule has 1 N–H and O–H groups in total. The number of hydrogen-bond acceptors (Lipinski definition) is 4. The average molecular weight is 219 g/mol. The fraction of sp³-hybridized carbons (Fsp3) is 0.200. The Bertz CT molecular complexity index is 477. The van der Waals surface area contributed by atoms with Crippen molar-refractivity contribution < 1.29 is 9.72 Å². The Hall–Kier alpha value is -2.42. The molecule has 0 heterocycles. The molecule has 0 unspecified atom stereocenters. The van der Waals surface area contributed by atoms with E-state index < -0.39 is 10.8 Å². The Morgan fingerprint density at radius 2 is 2.31 bits per heavy atom. The van der Waals surface area contributed by atoms with Crippen LogP contribution in [0.1, 0.15) is 12.0 Å². The third-order valence-corrected chi connectivity index (χ3v) is 1.93. The van der Waals surface area contributed by atoms with E-state index >= 15 is 0 Å². The van der Waals surface area contributed by atoms with Crippen LogP contribution < -0.4 is 5.32 Å². The van der Waals surface area contributed by atoms with Crippen LogP contribution in [0, 0.1) is 28.4 Å². The highest BCUT2D eigenvalue weighted by Crippen LogP contribution is 2.22. The second-order valence-corrected chi connectivity index (χ2v) is 3.14. The minimum Gasteiger partial charge on any atom is -0.325 e. The Balaban J connectivity index is 2.92.